The summed E-state index contributed by atoms with van der Waals surface area (Å²) in [5, 5.41) is 2.34. The lowest BCUT2D eigenvalue weighted by atomic mass is 10.1. The summed E-state index contributed by atoms with van der Waals surface area (Å²) >= 11 is 6.03. The standard InChI is InChI=1S/C21H21ClF4N4/c1-3-16(23)14(10-12(2)22)20-28-17-7-4-6-13(17)19(30-20)29-18-8-5-9-27-11-15(18)21(24,25)26/h3,8-12H,4-7H2,1-2H3,(H,28,29,30)/b14-10+,16-3+. The maximum absolute atomic E-state index is 14.5. The average molecular weight is 441 g/mol. The second-order valence-corrected chi connectivity index (χ2v) is 7.61. The molecule has 9 heteroatoms. The number of aryl methyl sites for hydroxylation is 1. The first-order chi connectivity index (χ1) is 14.2. The molecular formula is C21H21ClF4N4. The summed E-state index contributed by atoms with van der Waals surface area (Å²) in [5.74, 6) is -0.221. The topological polar surface area (TPSA) is 50.2 Å². The number of alkyl halides is 4. The van der Waals surface area contributed by atoms with Crippen molar-refractivity contribution in [2.24, 2.45) is 4.99 Å². The van der Waals surface area contributed by atoms with Gasteiger partial charge < -0.3 is 5.32 Å². The Hall–Kier alpha value is -2.48. The Morgan fingerprint density at radius 2 is 2.03 bits per heavy atom. The Morgan fingerprint density at radius 1 is 1.27 bits per heavy atom. The SMILES string of the molecule is C/C=C(F)\C(=C/C(C)Cl)c1nc2c(c(NC3=CCC=NC=C3C(F)(F)F)n1)CCC2. The number of nitrogens with zero attached hydrogens (tertiary/aromatic N) is 3. The zero-order valence-electron chi connectivity index (χ0n) is 16.5. The monoisotopic (exact) mass is 440 g/mol. The van der Waals surface area contributed by atoms with Gasteiger partial charge in [0.1, 0.15) is 11.6 Å². The summed E-state index contributed by atoms with van der Waals surface area (Å²) in [6, 6.07) is 0. The van der Waals surface area contributed by atoms with Gasteiger partial charge in [0.25, 0.3) is 0 Å². The van der Waals surface area contributed by atoms with Gasteiger partial charge in [0, 0.05) is 41.2 Å². The molecule has 1 aromatic rings. The number of halogens is 5. The maximum atomic E-state index is 14.5. The van der Waals surface area contributed by atoms with Crippen molar-refractivity contribution in [1.29, 1.82) is 0 Å². The highest BCUT2D eigenvalue weighted by Crippen LogP contribution is 2.36. The van der Waals surface area contributed by atoms with E-state index in [0.29, 0.717) is 18.5 Å². The fourth-order valence-corrected chi connectivity index (χ4v) is 3.44. The first kappa shape index (κ1) is 22.2. The highest BCUT2D eigenvalue weighted by Gasteiger charge is 2.37. The number of aromatic nitrogens is 2. The van der Waals surface area contributed by atoms with Crippen molar-refractivity contribution in [3.05, 3.63) is 58.6 Å². The van der Waals surface area contributed by atoms with Crippen LogP contribution < -0.4 is 5.32 Å². The number of hydrogen-bond acceptors (Lipinski definition) is 4. The van der Waals surface area contributed by atoms with Crippen LogP contribution in [0, 0.1) is 0 Å². The third kappa shape index (κ3) is 4.98. The van der Waals surface area contributed by atoms with E-state index in [9.17, 15) is 17.6 Å². The van der Waals surface area contributed by atoms with E-state index in [1.807, 2.05) is 0 Å². The predicted octanol–water partition coefficient (Wildman–Crippen LogP) is 6.07. The summed E-state index contributed by atoms with van der Waals surface area (Å²) in [6.07, 6.45) is 4.05. The Morgan fingerprint density at radius 3 is 2.70 bits per heavy atom. The van der Waals surface area contributed by atoms with Crippen molar-refractivity contribution in [2.45, 2.75) is 51.1 Å². The number of nitrogens with one attached hydrogen (secondary N) is 1. The summed E-state index contributed by atoms with van der Waals surface area (Å²) < 4.78 is 55.0. The lowest BCUT2D eigenvalue weighted by Gasteiger charge is -2.18. The minimum absolute atomic E-state index is 0.0873. The third-order valence-electron chi connectivity index (χ3n) is 4.67. The van der Waals surface area contributed by atoms with E-state index in [4.69, 9.17) is 11.6 Å². The fourth-order valence-electron chi connectivity index (χ4n) is 3.31. The van der Waals surface area contributed by atoms with Gasteiger partial charge in [0.15, 0.2) is 5.82 Å². The number of fused-ring (bicyclic) bond motifs is 1. The molecule has 1 aliphatic carbocycles. The van der Waals surface area contributed by atoms with E-state index >= 15 is 0 Å². The zero-order chi connectivity index (χ0) is 21.9. The Labute approximate surface area is 177 Å². The fraction of sp³-hybridized carbons (Fsp3) is 0.381. The number of hydrogen-bond donors (Lipinski definition) is 1. The summed E-state index contributed by atoms with van der Waals surface area (Å²) in [4.78, 5) is 12.6. The molecule has 0 bridgehead atoms. The summed E-state index contributed by atoms with van der Waals surface area (Å²) in [6.45, 7) is 3.21. The van der Waals surface area contributed by atoms with Crippen LogP contribution in [-0.4, -0.2) is 27.7 Å². The number of aliphatic imine (C=N–C) groups is 1. The van der Waals surface area contributed by atoms with E-state index < -0.39 is 23.0 Å². The molecule has 1 aromatic heterocycles. The Kier molecular flexibility index (Phi) is 6.75. The number of anilines is 1. The van der Waals surface area contributed by atoms with Gasteiger partial charge in [0.2, 0.25) is 0 Å². The first-order valence-electron chi connectivity index (χ1n) is 9.55. The molecule has 0 fully saturated rings. The smallest absolute Gasteiger partial charge is 0.340 e. The van der Waals surface area contributed by atoms with E-state index in [1.54, 1.807) is 6.92 Å². The number of rotatable bonds is 5. The minimum Gasteiger partial charge on any atom is -0.340 e. The normalized spacial score (nSPS) is 18.5. The molecule has 0 aromatic carbocycles. The van der Waals surface area contributed by atoms with Gasteiger partial charge >= 0.3 is 6.18 Å². The molecule has 1 unspecified atom stereocenters. The molecule has 0 amide bonds. The summed E-state index contributed by atoms with van der Waals surface area (Å²) in [7, 11) is 0. The van der Waals surface area contributed by atoms with Crippen molar-refractivity contribution in [3.63, 3.8) is 0 Å². The molecule has 160 valence electrons. The van der Waals surface area contributed by atoms with Crippen LogP contribution in [0.3, 0.4) is 0 Å². The van der Waals surface area contributed by atoms with Crippen LogP contribution in [0.5, 0.6) is 0 Å². The van der Waals surface area contributed by atoms with Crippen molar-refractivity contribution < 1.29 is 17.6 Å². The molecule has 1 aliphatic heterocycles. The van der Waals surface area contributed by atoms with E-state index in [2.05, 4.69) is 20.3 Å². The van der Waals surface area contributed by atoms with E-state index in [0.717, 1.165) is 18.2 Å². The van der Waals surface area contributed by atoms with Crippen LogP contribution in [0.15, 0.2) is 46.5 Å². The molecule has 0 saturated carbocycles. The van der Waals surface area contributed by atoms with Gasteiger partial charge in [-0.15, -0.1) is 11.6 Å². The second-order valence-electron chi connectivity index (χ2n) is 6.92. The van der Waals surface area contributed by atoms with Crippen molar-refractivity contribution in [2.75, 3.05) is 5.32 Å². The number of allylic oxidation sites excluding steroid dienone is 6. The van der Waals surface area contributed by atoms with Gasteiger partial charge in [-0.25, -0.2) is 14.4 Å². The molecule has 1 N–H and O–H groups in total. The van der Waals surface area contributed by atoms with E-state index in [1.165, 1.54) is 31.4 Å². The molecule has 0 radical (unpaired) electrons. The highest BCUT2D eigenvalue weighted by atomic mass is 35.5. The van der Waals surface area contributed by atoms with Crippen LogP contribution in [0.4, 0.5) is 23.4 Å². The minimum atomic E-state index is -4.59. The second kappa shape index (κ2) is 9.12. The predicted molar refractivity (Wildman–Crippen MR) is 111 cm³/mol. The molecule has 1 atom stereocenters. The molecule has 2 heterocycles. The molecule has 0 spiro atoms. The lowest BCUT2D eigenvalue weighted by Crippen LogP contribution is -2.19. The van der Waals surface area contributed by atoms with Gasteiger partial charge in [0.05, 0.1) is 11.1 Å². The van der Waals surface area contributed by atoms with Crippen LogP contribution in [0.25, 0.3) is 5.57 Å². The van der Waals surface area contributed by atoms with Gasteiger partial charge in [-0.1, -0.05) is 18.2 Å². The molecule has 30 heavy (non-hydrogen) atoms. The Balaban J connectivity index is 2.09. The first-order valence-corrected chi connectivity index (χ1v) is 9.99. The molecule has 3 rings (SSSR count). The van der Waals surface area contributed by atoms with Crippen LogP contribution in [0.2, 0.25) is 0 Å². The molecule has 4 nitrogen and oxygen atoms in total. The third-order valence-corrected chi connectivity index (χ3v) is 4.79. The van der Waals surface area contributed by atoms with Gasteiger partial charge in [-0.05, 0) is 33.1 Å². The summed E-state index contributed by atoms with van der Waals surface area (Å²) in [5.41, 5.74) is 0.519. The lowest BCUT2D eigenvalue weighted by molar-refractivity contribution is -0.0893. The molecule has 0 saturated heterocycles. The highest BCUT2D eigenvalue weighted by molar-refractivity contribution is 6.22. The molecule has 2 aliphatic rings. The van der Waals surface area contributed by atoms with Crippen molar-refractivity contribution in [1.82, 2.24) is 9.97 Å². The largest absolute Gasteiger partial charge is 0.419 e. The van der Waals surface area contributed by atoms with Crippen molar-refractivity contribution >= 4 is 29.2 Å². The Bertz CT molecular complexity index is 972. The van der Waals surface area contributed by atoms with Crippen LogP contribution >= 0.6 is 11.6 Å². The molecular weight excluding hydrogens is 420 g/mol. The quantitative estimate of drug-likeness (QED) is 0.343. The zero-order valence-corrected chi connectivity index (χ0v) is 17.3. The van der Waals surface area contributed by atoms with Crippen LogP contribution in [0.1, 0.15) is 43.8 Å². The van der Waals surface area contributed by atoms with Crippen LogP contribution in [-0.2, 0) is 12.8 Å². The van der Waals surface area contributed by atoms with Crippen molar-refractivity contribution in [3.8, 4) is 0 Å². The average Bonchev–Trinajstić information content (AvgIpc) is 3.02. The van der Waals surface area contributed by atoms with Gasteiger partial charge in [-0.3, -0.25) is 4.99 Å². The van der Waals surface area contributed by atoms with E-state index in [-0.39, 0.29) is 29.3 Å². The maximum Gasteiger partial charge on any atom is 0.419 e. The van der Waals surface area contributed by atoms with Gasteiger partial charge in [-0.2, -0.15) is 13.2 Å².